The zero-order chi connectivity index (χ0) is 13.3. The van der Waals surface area contributed by atoms with Crippen LogP contribution < -0.4 is 5.73 Å². The molecule has 0 aliphatic rings. The Balaban J connectivity index is 2.92. The molecular formula is C11H20N2O3S. The molecule has 6 heteroatoms. The minimum absolute atomic E-state index is 0.0229. The van der Waals surface area contributed by atoms with Crippen molar-refractivity contribution in [1.29, 1.82) is 0 Å². The predicted octanol–water partition coefficient (Wildman–Crippen LogP) is 1.19. The summed E-state index contributed by atoms with van der Waals surface area (Å²) in [5.41, 5.74) is 5.34. The van der Waals surface area contributed by atoms with Gasteiger partial charge in [-0.25, -0.2) is 8.42 Å². The third-order valence-electron chi connectivity index (χ3n) is 2.58. The Bertz CT molecular complexity index is 477. The normalized spacial score (nSPS) is 13.3. The molecule has 17 heavy (non-hydrogen) atoms. The number of hydrogen-bond acceptors (Lipinski definition) is 4. The van der Waals surface area contributed by atoms with Gasteiger partial charge in [0.25, 0.3) is 10.0 Å². The number of furan rings is 1. The van der Waals surface area contributed by atoms with Gasteiger partial charge in [-0.15, -0.1) is 0 Å². The number of nitrogens with zero attached hydrogens (tertiary/aromatic N) is 1. The molecule has 98 valence electrons. The Labute approximate surface area is 103 Å². The first-order valence-corrected chi connectivity index (χ1v) is 6.86. The average Bonchev–Trinajstić information content (AvgIpc) is 2.64. The summed E-state index contributed by atoms with van der Waals surface area (Å²) in [6, 6.07) is 3.10. The highest BCUT2D eigenvalue weighted by atomic mass is 32.2. The van der Waals surface area contributed by atoms with E-state index in [1.165, 1.54) is 17.4 Å². The van der Waals surface area contributed by atoms with Crippen molar-refractivity contribution in [2.24, 2.45) is 11.1 Å². The van der Waals surface area contributed by atoms with E-state index < -0.39 is 10.0 Å². The maximum atomic E-state index is 12.1. The third-order valence-corrected chi connectivity index (χ3v) is 4.26. The molecule has 0 atom stereocenters. The van der Waals surface area contributed by atoms with Gasteiger partial charge in [0.15, 0.2) is 0 Å². The molecule has 0 aromatic carbocycles. The van der Waals surface area contributed by atoms with Crippen molar-refractivity contribution < 1.29 is 12.8 Å². The molecule has 1 rings (SSSR count). The van der Waals surface area contributed by atoms with Crippen LogP contribution in [0.4, 0.5) is 0 Å². The number of rotatable bonds is 5. The summed E-state index contributed by atoms with van der Waals surface area (Å²) in [5, 5.41) is -0.0229. The predicted molar refractivity (Wildman–Crippen MR) is 66.1 cm³/mol. The quantitative estimate of drug-likeness (QED) is 0.863. The van der Waals surface area contributed by atoms with Gasteiger partial charge in [-0.05, 0) is 31.0 Å². The van der Waals surface area contributed by atoms with Gasteiger partial charge in [0.2, 0.25) is 5.09 Å². The lowest BCUT2D eigenvalue weighted by Crippen LogP contribution is -2.39. The number of nitrogens with two attached hydrogens (primary N) is 1. The standard InChI is InChI=1S/C11H20N2O3S/c1-9-5-6-10(16-9)17(14,15)13(4)8-11(2,3)7-12/h5-6H,7-8,12H2,1-4H3. The van der Waals surface area contributed by atoms with Gasteiger partial charge in [0.05, 0.1) is 0 Å². The fourth-order valence-electron chi connectivity index (χ4n) is 1.46. The van der Waals surface area contributed by atoms with Crippen molar-refractivity contribution in [3.63, 3.8) is 0 Å². The summed E-state index contributed by atoms with van der Waals surface area (Å²) >= 11 is 0. The van der Waals surface area contributed by atoms with Gasteiger partial charge in [-0.1, -0.05) is 13.8 Å². The van der Waals surface area contributed by atoms with Crippen molar-refractivity contribution in [2.75, 3.05) is 20.1 Å². The van der Waals surface area contributed by atoms with E-state index in [0.29, 0.717) is 18.8 Å². The molecule has 0 saturated heterocycles. The van der Waals surface area contributed by atoms with E-state index in [-0.39, 0.29) is 10.5 Å². The zero-order valence-corrected chi connectivity index (χ0v) is 11.5. The Hall–Kier alpha value is -0.850. The monoisotopic (exact) mass is 260 g/mol. The minimum Gasteiger partial charge on any atom is -0.449 e. The van der Waals surface area contributed by atoms with Crippen LogP contribution in [-0.4, -0.2) is 32.9 Å². The second kappa shape index (κ2) is 4.80. The molecule has 1 aromatic rings. The van der Waals surface area contributed by atoms with E-state index in [4.69, 9.17) is 10.2 Å². The average molecular weight is 260 g/mol. The van der Waals surface area contributed by atoms with Gasteiger partial charge < -0.3 is 10.2 Å². The topological polar surface area (TPSA) is 76.5 Å². The van der Waals surface area contributed by atoms with Crippen LogP contribution in [-0.2, 0) is 10.0 Å². The fraction of sp³-hybridized carbons (Fsp3) is 0.636. The molecule has 0 amide bonds. The Kier molecular flexibility index (Phi) is 4.01. The lowest BCUT2D eigenvalue weighted by atomic mass is 9.94. The summed E-state index contributed by atoms with van der Waals surface area (Å²) in [5.74, 6) is 0.579. The van der Waals surface area contributed by atoms with Crippen LogP contribution in [0.15, 0.2) is 21.6 Å². The minimum atomic E-state index is -3.55. The first-order chi connectivity index (χ1) is 7.69. The van der Waals surface area contributed by atoms with E-state index in [9.17, 15) is 8.42 Å². The molecule has 0 fully saturated rings. The summed E-state index contributed by atoms with van der Waals surface area (Å²) in [6.07, 6.45) is 0. The molecular weight excluding hydrogens is 240 g/mol. The molecule has 0 aliphatic heterocycles. The van der Waals surface area contributed by atoms with Gasteiger partial charge in [-0.2, -0.15) is 4.31 Å². The van der Waals surface area contributed by atoms with Gasteiger partial charge in [-0.3, -0.25) is 0 Å². The number of sulfonamides is 1. The fourth-order valence-corrected chi connectivity index (χ4v) is 2.76. The molecule has 0 spiro atoms. The van der Waals surface area contributed by atoms with Crippen LogP contribution in [0.2, 0.25) is 0 Å². The lowest BCUT2D eigenvalue weighted by molar-refractivity contribution is 0.286. The van der Waals surface area contributed by atoms with Crippen molar-refractivity contribution in [3.8, 4) is 0 Å². The van der Waals surface area contributed by atoms with E-state index >= 15 is 0 Å². The van der Waals surface area contributed by atoms with E-state index in [2.05, 4.69) is 0 Å². The number of hydrogen-bond donors (Lipinski definition) is 1. The summed E-state index contributed by atoms with van der Waals surface area (Å²) in [7, 11) is -2.02. The zero-order valence-electron chi connectivity index (χ0n) is 10.7. The molecule has 0 saturated carbocycles. The van der Waals surface area contributed by atoms with Crippen LogP contribution in [0.1, 0.15) is 19.6 Å². The first-order valence-electron chi connectivity index (χ1n) is 5.42. The van der Waals surface area contributed by atoms with Gasteiger partial charge >= 0.3 is 0 Å². The SMILES string of the molecule is Cc1ccc(S(=O)(=O)N(C)CC(C)(C)CN)o1. The maximum Gasteiger partial charge on any atom is 0.276 e. The summed E-state index contributed by atoms with van der Waals surface area (Å²) in [4.78, 5) is 0. The first kappa shape index (κ1) is 14.2. The molecule has 0 unspecified atom stereocenters. The second-order valence-electron chi connectivity index (χ2n) is 4.99. The third kappa shape index (κ3) is 3.31. The Morgan fingerprint density at radius 3 is 2.41 bits per heavy atom. The van der Waals surface area contributed by atoms with Crippen LogP contribution >= 0.6 is 0 Å². The van der Waals surface area contributed by atoms with E-state index in [1.54, 1.807) is 13.0 Å². The number of aryl methyl sites for hydroxylation is 1. The van der Waals surface area contributed by atoms with Crippen LogP contribution in [0.3, 0.4) is 0 Å². The Morgan fingerprint density at radius 2 is 2.00 bits per heavy atom. The van der Waals surface area contributed by atoms with Gasteiger partial charge in [0, 0.05) is 13.6 Å². The van der Waals surface area contributed by atoms with E-state index in [1.807, 2.05) is 13.8 Å². The largest absolute Gasteiger partial charge is 0.449 e. The molecule has 0 bridgehead atoms. The van der Waals surface area contributed by atoms with Crippen molar-refractivity contribution in [3.05, 3.63) is 17.9 Å². The lowest BCUT2D eigenvalue weighted by Gasteiger charge is -2.27. The van der Waals surface area contributed by atoms with Crippen LogP contribution in [0.5, 0.6) is 0 Å². The summed E-state index contributed by atoms with van der Waals surface area (Å²) < 4.78 is 30.7. The molecule has 5 nitrogen and oxygen atoms in total. The van der Waals surface area contributed by atoms with E-state index in [0.717, 1.165) is 0 Å². The highest BCUT2D eigenvalue weighted by Crippen LogP contribution is 2.21. The van der Waals surface area contributed by atoms with Crippen molar-refractivity contribution in [2.45, 2.75) is 25.9 Å². The van der Waals surface area contributed by atoms with Crippen LogP contribution in [0, 0.1) is 12.3 Å². The van der Waals surface area contributed by atoms with Crippen LogP contribution in [0.25, 0.3) is 0 Å². The second-order valence-corrected chi connectivity index (χ2v) is 6.97. The summed E-state index contributed by atoms with van der Waals surface area (Å²) in [6.45, 7) is 6.33. The molecule has 1 aromatic heterocycles. The van der Waals surface area contributed by atoms with Gasteiger partial charge in [0.1, 0.15) is 5.76 Å². The van der Waals surface area contributed by atoms with Crippen molar-refractivity contribution >= 4 is 10.0 Å². The van der Waals surface area contributed by atoms with Crippen molar-refractivity contribution in [1.82, 2.24) is 4.31 Å². The highest BCUT2D eigenvalue weighted by molar-refractivity contribution is 7.89. The smallest absolute Gasteiger partial charge is 0.276 e. The Morgan fingerprint density at radius 1 is 1.41 bits per heavy atom. The highest BCUT2D eigenvalue weighted by Gasteiger charge is 2.29. The molecule has 0 radical (unpaired) electrons. The maximum absolute atomic E-state index is 12.1. The molecule has 1 heterocycles. The molecule has 2 N–H and O–H groups in total. The molecule has 0 aliphatic carbocycles.